The Kier molecular flexibility index (Phi) is 6.93. The normalized spacial score (nSPS) is 19.9. The molecular formula is C19H30N2O4. The van der Waals surface area contributed by atoms with Gasteiger partial charge in [-0.2, -0.15) is 0 Å². The summed E-state index contributed by atoms with van der Waals surface area (Å²) < 4.78 is 16.2. The number of benzene rings is 1. The predicted molar refractivity (Wildman–Crippen MR) is 96.3 cm³/mol. The second-order valence-corrected chi connectivity index (χ2v) is 6.75. The highest BCUT2D eigenvalue weighted by Gasteiger charge is 2.16. The Bertz CT molecular complexity index is 540. The van der Waals surface area contributed by atoms with Crippen molar-refractivity contribution in [1.82, 2.24) is 9.80 Å². The van der Waals surface area contributed by atoms with Crippen molar-refractivity contribution >= 4 is 0 Å². The van der Waals surface area contributed by atoms with E-state index in [2.05, 4.69) is 15.9 Å². The average Bonchev–Trinajstić information content (AvgIpc) is 2.65. The molecular weight excluding hydrogens is 320 g/mol. The van der Waals surface area contributed by atoms with E-state index in [1.165, 1.54) is 5.56 Å². The molecule has 2 heterocycles. The number of aryl methyl sites for hydroxylation is 1. The molecule has 0 atom stereocenters. The molecule has 140 valence electrons. The highest BCUT2D eigenvalue weighted by atomic mass is 16.5. The maximum Gasteiger partial charge on any atom is 0.161 e. The predicted octanol–water partition coefficient (Wildman–Crippen LogP) is 1.50. The molecule has 25 heavy (non-hydrogen) atoms. The van der Waals surface area contributed by atoms with E-state index in [0.29, 0.717) is 5.75 Å². The van der Waals surface area contributed by atoms with Gasteiger partial charge in [-0.05, 0) is 36.6 Å². The lowest BCUT2D eigenvalue weighted by Gasteiger charge is -2.27. The minimum Gasteiger partial charge on any atom is -0.504 e. The number of phenolic OH excluding ortho intramolecular Hbond substituents is 1. The summed E-state index contributed by atoms with van der Waals surface area (Å²) in [5.41, 5.74) is 2.17. The topological polar surface area (TPSA) is 54.4 Å². The minimum atomic E-state index is 0.287. The molecule has 0 unspecified atom stereocenters. The largest absolute Gasteiger partial charge is 0.504 e. The second-order valence-electron chi connectivity index (χ2n) is 6.75. The number of morpholine rings is 2. The van der Waals surface area contributed by atoms with Crippen LogP contribution in [0.3, 0.4) is 0 Å². The van der Waals surface area contributed by atoms with Crippen LogP contribution in [0.2, 0.25) is 0 Å². The average molecular weight is 350 g/mol. The fraction of sp³-hybridized carbons (Fsp3) is 0.684. The number of phenols is 1. The zero-order valence-corrected chi connectivity index (χ0v) is 15.2. The molecule has 2 saturated heterocycles. The Morgan fingerprint density at radius 2 is 1.64 bits per heavy atom. The number of ether oxygens (including phenoxy) is 3. The maximum absolute atomic E-state index is 10.5. The van der Waals surface area contributed by atoms with Gasteiger partial charge in [-0.1, -0.05) is 6.07 Å². The Morgan fingerprint density at radius 3 is 2.28 bits per heavy atom. The van der Waals surface area contributed by atoms with Crippen LogP contribution in [-0.2, 0) is 22.4 Å². The van der Waals surface area contributed by atoms with Crippen LogP contribution in [0.4, 0.5) is 0 Å². The first-order chi connectivity index (χ1) is 12.3. The number of hydrogen-bond donors (Lipinski definition) is 1. The van der Waals surface area contributed by atoms with Crippen LogP contribution >= 0.6 is 0 Å². The summed E-state index contributed by atoms with van der Waals surface area (Å²) in [7, 11) is 1.62. The summed E-state index contributed by atoms with van der Waals surface area (Å²) in [5.74, 6) is 0.863. The van der Waals surface area contributed by atoms with Crippen LogP contribution in [0.15, 0.2) is 12.1 Å². The van der Waals surface area contributed by atoms with E-state index in [1.54, 1.807) is 7.11 Å². The third-order valence-corrected chi connectivity index (χ3v) is 4.97. The van der Waals surface area contributed by atoms with Crippen molar-refractivity contribution in [2.45, 2.75) is 19.4 Å². The summed E-state index contributed by atoms with van der Waals surface area (Å²) in [4.78, 5) is 4.81. The molecule has 0 amide bonds. The Morgan fingerprint density at radius 1 is 1.00 bits per heavy atom. The van der Waals surface area contributed by atoms with E-state index < -0.39 is 0 Å². The van der Waals surface area contributed by atoms with E-state index in [1.807, 2.05) is 6.07 Å². The van der Waals surface area contributed by atoms with Gasteiger partial charge >= 0.3 is 0 Å². The van der Waals surface area contributed by atoms with Gasteiger partial charge in [0.1, 0.15) is 0 Å². The van der Waals surface area contributed by atoms with Crippen LogP contribution < -0.4 is 4.74 Å². The molecule has 0 radical (unpaired) electrons. The van der Waals surface area contributed by atoms with Crippen LogP contribution in [-0.4, -0.2) is 81.2 Å². The number of methoxy groups -OCH3 is 1. The van der Waals surface area contributed by atoms with Crippen molar-refractivity contribution in [1.29, 1.82) is 0 Å². The van der Waals surface area contributed by atoms with Gasteiger partial charge in [0, 0.05) is 32.7 Å². The van der Waals surface area contributed by atoms with Gasteiger partial charge in [0.2, 0.25) is 0 Å². The summed E-state index contributed by atoms with van der Waals surface area (Å²) in [5, 5.41) is 10.5. The van der Waals surface area contributed by atoms with Gasteiger partial charge < -0.3 is 19.3 Å². The first-order valence-corrected chi connectivity index (χ1v) is 9.25. The fourth-order valence-corrected chi connectivity index (χ4v) is 3.50. The van der Waals surface area contributed by atoms with Gasteiger partial charge in [0.15, 0.2) is 11.5 Å². The standard InChI is InChI=1S/C19H30N2O4/c1-23-18-14-16(15-21-7-11-25-12-8-21)13-17(19(18)22)3-2-4-20-5-9-24-10-6-20/h13-14,22H,2-12,15H2,1H3. The summed E-state index contributed by atoms with van der Waals surface area (Å²) in [6.45, 7) is 9.07. The van der Waals surface area contributed by atoms with Crippen molar-refractivity contribution < 1.29 is 19.3 Å². The summed E-state index contributed by atoms with van der Waals surface area (Å²) in [6, 6.07) is 4.09. The van der Waals surface area contributed by atoms with Gasteiger partial charge in [-0.25, -0.2) is 0 Å². The monoisotopic (exact) mass is 350 g/mol. The molecule has 0 bridgehead atoms. The minimum absolute atomic E-state index is 0.287. The lowest BCUT2D eigenvalue weighted by Crippen LogP contribution is -2.37. The van der Waals surface area contributed by atoms with Crippen molar-refractivity contribution in [3.05, 3.63) is 23.3 Å². The van der Waals surface area contributed by atoms with E-state index in [0.717, 1.165) is 84.1 Å². The number of aromatic hydroxyl groups is 1. The molecule has 6 heteroatoms. The van der Waals surface area contributed by atoms with Crippen LogP contribution in [0, 0.1) is 0 Å². The maximum atomic E-state index is 10.5. The van der Waals surface area contributed by atoms with Gasteiger partial charge in [-0.3, -0.25) is 9.80 Å². The highest BCUT2D eigenvalue weighted by Crippen LogP contribution is 2.33. The van der Waals surface area contributed by atoms with Crippen molar-refractivity contribution in [2.75, 3.05) is 66.3 Å². The Labute approximate surface area is 150 Å². The molecule has 2 aliphatic heterocycles. The van der Waals surface area contributed by atoms with Crippen molar-refractivity contribution in [3.8, 4) is 11.5 Å². The van der Waals surface area contributed by atoms with E-state index in [4.69, 9.17) is 14.2 Å². The van der Waals surface area contributed by atoms with Crippen LogP contribution in [0.1, 0.15) is 17.5 Å². The molecule has 1 aromatic rings. The van der Waals surface area contributed by atoms with Crippen LogP contribution in [0.25, 0.3) is 0 Å². The summed E-state index contributed by atoms with van der Waals surface area (Å²) >= 11 is 0. The van der Waals surface area contributed by atoms with E-state index in [9.17, 15) is 5.11 Å². The second kappa shape index (κ2) is 9.38. The molecule has 0 aliphatic carbocycles. The lowest BCUT2D eigenvalue weighted by molar-refractivity contribution is 0.0341. The molecule has 6 nitrogen and oxygen atoms in total. The first kappa shape index (κ1) is 18.5. The molecule has 0 saturated carbocycles. The number of rotatable bonds is 7. The fourth-order valence-electron chi connectivity index (χ4n) is 3.50. The Balaban J connectivity index is 1.61. The molecule has 2 aliphatic rings. The highest BCUT2D eigenvalue weighted by molar-refractivity contribution is 5.48. The summed E-state index contributed by atoms with van der Waals surface area (Å²) in [6.07, 6.45) is 1.88. The molecule has 3 rings (SSSR count). The third-order valence-electron chi connectivity index (χ3n) is 4.97. The molecule has 1 aromatic carbocycles. The zero-order valence-electron chi connectivity index (χ0n) is 15.2. The quantitative estimate of drug-likeness (QED) is 0.804. The van der Waals surface area contributed by atoms with Gasteiger partial charge in [0.05, 0.1) is 33.5 Å². The Hall–Kier alpha value is -1.34. The molecule has 1 N–H and O–H groups in total. The lowest BCUT2D eigenvalue weighted by atomic mass is 10.0. The van der Waals surface area contributed by atoms with Gasteiger partial charge in [0.25, 0.3) is 0 Å². The molecule has 0 spiro atoms. The van der Waals surface area contributed by atoms with Gasteiger partial charge in [-0.15, -0.1) is 0 Å². The molecule has 2 fully saturated rings. The van der Waals surface area contributed by atoms with E-state index >= 15 is 0 Å². The van der Waals surface area contributed by atoms with Crippen molar-refractivity contribution in [2.24, 2.45) is 0 Å². The number of nitrogens with zero attached hydrogens (tertiary/aromatic N) is 2. The third kappa shape index (κ3) is 5.31. The van der Waals surface area contributed by atoms with Crippen LogP contribution in [0.5, 0.6) is 11.5 Å². The first-order valence-electron chi connectivity index (χ1n) is 9.25. The molecule has 0 aromatic heterocycles. The zero-order chi connectivity index (χ0) is 17.5. The smallest absolute Gasteiger partial charge is 0.161 e. The van der Waals surface area contributed by atoms with E-state index in [-0.39, 0.29) is 5.75 Å². The SMILES string of the molecule is COc1cc(CN2CCOCC2)cc(CCCN2CCOCC2)c1O. The number of hydrogen-bond acceptors (Lipinski definition) is 6. The van der Waals surface area contributed by atoms with Crippen molar-refractivity contribution in [3.63, 3.8) is 0 Å².